The molecule has 0 aromatic heterocycles. The molecule has 1 aliphatic heterocycles. The Bertz CT molecular complexity index is 622. The van der Waals surface area contributed by atoms with E-state index < -0.39 is 17.7 Å². The number of methoxy groups -OCH3 is 1. The summed E-state index contributed by atoms with van der Waals surface area (Å²) in [5, 5.41) is 5.64. The summed E-state index contributed by atoms with van der Waals surface area (Å²) < 4.78 is 10.3. The summed E-state index contributed by atoms with van der Waals surface area (Å²) in [5.41, 5.74) is 0.677. The largest absolute Gasteiger partial charge is 0.444 e. The van der Waals surface area contributed by atoms with Crippen LogP contribution in [0.25, 0.3) is 0 Å². The second kappa shape index (κ2) is 10.4. The molecule has 0 saturated carbocycles. The van der Waals surface area contributed by atoms with Crippen molar-refractivity contribution in [2.45, 2.75) is 57.8 Å². The van der Waals surface area contributed by atoms with E-state index in [1.165, 1.54) is 12.7 Å². The van der Waals surface area contributed by atoms with Gasteiger partial charge >= 0.3 is 6.09 Å². The third-order valence-electron chi connectivity index (χ3n) is 4.52. The Hall–Kier alpha value is -2.12. The minimum atomic E-state index is -0.776. The molecule has 2 rings (SSSR count). The first-order valence-electron chi connectivity index (χ1n) is 9.82. The lowest BCUT2D eigenvalue weighted by Crippen LogP contribution is -2.54. The second-order valence-electron chi connectivity index (χ2n) is 8.20. The maximum atomic E-state index is 12.6. The van der Waals surface area contributed by atoms with Gasteiger partial charge in [-0.3, -0.25) is 9.69 Å². The molecule has 1 saturated heterocycles. The molecule has 1 aliphatic rings. The number of nitrogens with one attached hydrogen (secondary N) is 2. The van der Waals surface area contributed by atoms with Gasteiger partial charge in [-0.2, -0.15) is 0 Å². The van der Waals surface area contributed by atoms with Crippen LogP contribution in [0.4, 0.5) is 4.79 Å². The van der Waals surface area contributed by atoms with Gasteiger partial charge < -0.3 is 20.1 Å². The van der Waals surface area contributed by atoms with Crippen molar-refractivity contribution in [1.82, 2.24) is 15.5 Å². The summed E-state index contributed by atoms with van der Waals surface area (Å²) in [5.74, 6) is -0.241. The lowest BCUT2D eigenvalue weighted by molar-refractivity contribution is -0.125. The fraction of sp³-hybridized carbons (Fsp3) is 0.619. The fourth-order valence-corrected chi connectivity index (χ4v) is 3.18. The van der Waals surface area contributed by atoms with Gasteiger partial charge in [-0.15, -0.1) is 0 Å². The molecule has 1 heterocycles. The third kappa shape index (κ3) is 7.86. The molecule has 1 aromatic rings. The van der Waals surface area contributed by atoms with E-state index in [1.807, 2.05) is 6.07 Å². The smallest absolute Gasteiger partial charge is 0.408 e. The van der Waals surface area contributed by atoms with Crippen LogP contribution in [-0.4, -0.2) is 61.4 Å². The van der Waals surface area contributed by atoms with E-state index in [1.54, 1.807) is 20.8 Å². The molecule has 0 spiro atoms. The van der Waals surface area contributed by atoms with E-state index in [0.29, 0.717) is 0 Å². The predicted octanol–water partition coefficient (Wildman–Crippen LogP) is 2.31. The zero-order valence-electron chi connectivity index (χ0n) is 17.4. The molecule has 0 bridgehead atoms. The molecule has 0 aliphatic carbocycles. The van der Waals surface area contributed by atoms with Gasteiger partial charge in [-0.25, -0.2) is 4.79 Å². The standard InChI is InChI=1S/C21H33N3O4/c1-21(2,3)28-20(26)23-18(15-27-4)19(25)22-17-10-12-24(13-11-17)14-16-8-6-5-7-9-16/h5-9,17-18H,10-15H2,1-4H3,(H,22,25)(H,23,26)/t18-/m0/s1. The number of carbonyl (C=O) groups excluding carboxylic acids is 2. The van der Waals surface area contributed by atoms with E-state index >= 15 is 0 Å². The SMILES string of the molecule is COC[C@H](NC(=O)OC(C)(C)C)C(=O)NC1CCN(Cc2ccccc2)CC1. The summed E-state index contributed by atoms with van der Waals surface area (Å²) in [6.07, 6.45) is 1.14. The van der Waals surface area contributed by atoms with Gasteiger partial charge in [0, 0.05) is 32.8 Å². The zero-order valence-corrected chi connectivity index (χ0v) is 17.4. The van der Waals surface area contributed by atoms with Crippen molar-refractivity contribution in [2.75, 3.05) is 26.8 Å². The van der Waals surface area contributed by atoms with Crippen molar-refractivity contribution in [1.29, 1.82) is 0 Å². The number of nitrogens with zero attached hydrogens (tertiary/aromatic N) is 1. The van der Waals surface area contributed by atoms with Crippen molar-refractivity contribution in [3.8, 4) is 0 Å². The molecular weight excluding hydrogens is 358 g/mol. The maximum Gasteiger partial charge on any atom is 0.408 e. The van der Waals surface area contributed by atoms with E-state index in [2.05, 4.69) is 39.8 Å². The first kappa shape index (κ1) is 22.2. The highest BCUT2D eigenvalue weighted by Crippen LogP contribution is 2.14. The highest BCUT2D eigenvalue weighted by Gasteiger charge is 2.27. The highest BCUT2D eigenvalue weighted by atomic mass is 16.6. The van der Waals surface area contributed by atoms with E-state index in [4.69, 9.17) is 9.47 Å². The minimum Gasteiger partial charge on any atom is -0.444 e. The zero-order chi connectivity index (χ0) is 20.6. The van der Waals surface area contributed by atoms with Crippen LogP contribution < -0.4 is 10.6 Å². The van der Waals surface area contributed by atoms with Gasteiger partial charge in [0.2, 0.25) is 5.91 Å². The number of rotatable bonds is 7. The Morgan fingerprint density at radius 2 is 1.82 bits per heavy atom. The number of benzene rings is 1. The van der Waals surface area contributed by atoms with Crippen LogP contribution in [0.3, 0.4) is 0 Å². The highest BCUT2D eigenvalue weighted by molar-refractivity contribution is 5.86. The first-order valence-corrected chi connectivity index (χ1v) is 9.82. The van der Waals surface area contributed by atoms with Gasteiger partial charge in [0.15, 0.2) is 0 Å². The molecule has 0 unspecified atom stereocenters. The van der Waals surface area contributed by atoms with Gasteiger partial charge in [0.1, 0.15) is 11.6 Å². The first-order chi connectivity index (χ1) is 13.3. The second-order valence-corrected chi connectivity index (χ2v) is 8.20. The van der Waals surface area contributed by atoms with Gasteiger partial charge in [-0.05, 0) is 39.2 Å². The Morgan fingerprint density at radius 3 is 2.39 bits per heavy atom. The predicted molar refractivity (Wildman–Crippen MR) is 108 cm³/mol. The fourth-order valence-electron chi connectivity index (χ4n) is 3.18. The van der Waals surface area contributed by atoms with E-state index in [-0.39, 0.29) is 18.6 Å². The van der Waals surface area contributed by atoms with Crippen molar-refractivity contribution >= 4 is 12.0 Å². The van der Waals surface area contributed by atoms with Crippen molar-refractivity contribution in [2.24, 2.45) is 0 Å². The number of carbonyl (C=O) groups is 2. The van der Waals surface area contributed by atoms with Crippen LogP contribution in [0.15, 0.2) is 30.3 Å². The molecule has 1 aromatic carbocycles. The average molecular weight is 392 g/mol. The van der Waals surface area contributed by atoms with Crippen LogP contribution in [0.1, 0.15) is 39.2 Å². The Kier molecular flexibility index (Phi) is 8.26. The van der Waals surface area contributed by atoms with Crippen LogP contribution in [0.5, 0.6) is 0 Å². The Balaban J connectivity index is 1.79. The normalized spacial score (nSPS) is 17.0. The molecule has 1 fully saturated rings. The van der Waals surface area contributed by atoms with Gasteiger partial charge in [-0.1, -0.05) is 30.3 Å². The number of hydrogen-bond acceptors (Lipinski definition) is 5. The molecule has 1 atom stereocenters. The monoisotopic (exact) mass is 391 g/mol. The lowest BCUT2D eigenvalue weighted by Gasteiger charge is -2.33. The number of piperidine rings is 1. The number of hydrogen-bond donors (Lipinski definition) is 2. The molecular formula is C21H33N3O4. The average Bonchev–Trinajstić information content (AvgIpc) is 2.62. The van der Waals surface area contributed by atoms with Crippen molar-refractivity contribution in [3.63, 3.8) is 0 Å². The molecule has 7 nitrogen and oxygen atoms in total. The lowest BCUT2D eigenvalue weighted by atomic mass is 10.0. The topological polar surface area (TPSA) is 79.9 Å². The Labute approximate surface area is 167 Å². The quantitative estimate of drug-likeness (QED) is 0.746. The minimum absolute atomic E-state index is 0.0952. The van der Waals surface area contributed by atoms with E-state index in [0.717, 1.165) is 32.5 Å². The summed E-state index contributed by atoms with van der Waals surface area (Å²) in [6.45, 7) is 8.21. The van der Waals surface area contributed by atoms with Crippen molar-refractivity contribution in [3.05, 3.63) is 35.9 Å². The van der Waals surface area contributed by atoms with E-state index in [9.17, 15) is 9.59 Å². The number of ether oxygens (including phenoxy) is 2. The summed E-state index contributed by atoms with van der Waals surface area (Å²) in [4.78, 5) is 27.0. The third-order valence-corrected chi connectivity index (χ3v) is 4.52. The van der Waals surface area contributed by atoms with Crippen LogP contribution in [-0.2, 0) is 20.8 Å². The van der Waals surface area contributed by atoms with Crippen LogP contribution in [0, 0.1) is 0 Å². The van der Waals surface area contributed by atoms with Gasteiger partial charge in [0.05, 0.1) is 6.61 Å². The maximum absolute atomic E-state index is 12.6. The summed E-state index contributed by atoms with van der Waals surface area (Å²) in [7, 11) is 1.50. The molecule has 156 valence electrons. The molecule has 28 heavy (non-hydrogen) atoms. The molecule has 2 amide bonds. The molecule has 7 heteroatoms. The van der Waals surface area contributed by atoms with Crippen molar-refractivity contribution < 1.29 is 19.1 Å². The summed E-state index contributed by atoms with van der Waals surface area (Å²) >= 11 is 0. The summed E-state index contributed by atoms with van der Waals surface area (Å²) in [6, 6.07) is 9.71. The number of likely N-dealkylation sites (tertiary alicyclic amines) is 1. The number of alkyl carbamates (subject to hydrolysis) is 1. The Morgan fingerprint density at radius 1 is 1.18 bits per heavy atom. The molecule has 2 N–H and O–H groups in total. The van der Waals surface area contributed by atoms with Crippen LogP contribution in [0.2, 0.25) is 0 Å². The number of amides is 2. The molecule has 0 radical (unpaired) electrons. The van der Waals surface area contributed by atoms with Gasteiger partial charge in [0.25, 0.3) is 0 Å². The van der Waals surface area contributed by atoms with Crippen LogP contribution >= 0.6 is 0 Å².